The molecule has 4 N–H and O–H groups in total. The molecule has 1 aliphatic rings. The van der Waals surface area contributed by atoms with Crippen molar-refractivity contribution < 1.29 is 9.59 Å². The number of carbonyl (C=O) groups excluding carboxylic acids is 2. The number of benzene rings is 1. The van der Waals surface area contributed by atoms with Crippen LogP contribution < -0.4 is 16.6 Å². The number of nitrogens with zero attached hydrogens (tertiary/aromatic N) is 1. The summed E-state index contributed by atoms with van der Waals surface area (Å²) in [7, 11) is 1.67. The van der Waals surface area contributed by atoms with Gasteiger partial charge in [0.2, 0.25) is 5.91 Å². The average Bonchev–Trinajstić information content (AvgIpc) is 2.38. The minimum Gasteiger partial charge on any atom is -0.326 e. The molecule has 0 fully saturated rings. The third kappa shape index (κ3) is 2.60. The van der Waals surface area contributed by atoms with E-state index in [1.165, 1.54) is 4.90 Å². The summed E-state index contributed by atoms with van der Waals surface area (Å²) < 4.78 is 0. The van der Waals surface area contributed by atoms with E-state index in [4.69, 9.17) is 5.84 Å². The summed E-state index contributed by atoms with van der Waals surface area (Å²) in [6.45, 7) is 0.476. The van der Waals surface area contributed by atoms with Crippen LogP contribution in [-0.2, 0) is 17.8 Å². The molecule has 0 aliphatic carbocycles. The van der Waals surface area contributed by atoms with Gasteiger partial charge in [-0.1, -0.05) is 12.1 Å². The lowest BCUT2D eigenvalue weighted by molar-refractivity contribution is -0.116. The lowest BCUT2D eigenvalue weighted by Crippen LogP contribution is -2.40. The van der Waals surface area contributed by atoms with Gasteiger partial charge in [0.1, 0.15) is 0 Å². The number of nitrogens with two attached hydrogens (primary N) is 1. The smallest absolute Gasteiger partial charge is 0.326 e. The van der Waals surface area contributed by atoms with Crippen molar-refractivity contribution in [2.24, 2.45) is 5.84 Å². The highest BCUT2D eigenvalue weighted by atomic mass is 16.2. The van der Waals surface area contributed by atoms with Gasteiger partial charge in [-0.3, -0.25) is 10.2 Å². The quantitative estimate of drug-likeness (QED) is 0.406. The van der Waals surface area contributed by atoms with Gasteiger partial charge in [0.05, 0.1) is 0 Å². The fraction of sp³-hybridized carbons (Fsp3) is 0.333. The number of fused-ring (bicyclic) bond motifs is 1. The topological polar surface area (TPSA) is 87.5 Å². The molecule has 0 bridgehead atoms. The summed E-state index contributed by atoms with van der Waals surface area (Å²) in [5, 5.41) is 2.82. The zero-order chi connectivity index (χ0) is 13.1. The summed E-state index contributed by atoms with van der Waals surface area (Å²) in [5.74, 6) is 5.11. The number of anilines is 1. The third-order valence-electron chi connectivity index (χ3n) is 2.96. The molecule has 0 aromatic heterocycles. The van der Waals surface area contributed by atoms with Crippen molar-refractivity contribution in [3.8, 4) is 0 Å². The fourth-order valence-electron chi connectivity index (χ4n) is 1.99. The largest absolute Gasteiger partial charge is 0.331 e. The lowest BCUT2D eigenvalue weighted by atomic mass is 10.0. The standard InChI is InChI=1S/C12H16N4O2/c1-16(12(18)15-13)7-8-2-4-10-9(6-8)3-5-11(17)14-10/h2,4,6H,3,5,7,13H2,1H3,(H,14,17)(H,15,18). The molecule has 1 aliphatic heterocycles. The molecule has 0 saturated carbocycles. The summed E-state index contributed by atoms with van der Waals surface area (Å²) >= 11 is 0. The van der Waals surface area contributed by atoms with E-state index in [1.54, 1.807) is 7.05 Å². The number of rotatable bonds is 2. The molecule has 0 spiro atoms. The van der Waals surface area contributed by atoms with Crippen molar-refractivity contribution in [2.45, 2.75) is 19.4 Å². The van der Waals surface area contributed by atoms with E-state index in [0.29, 0.717) is 13.0 Å². The first-order valence-corrected chi connectivity index (χ1v) is 5.73. The van der Waals surface area contributed by atoms with E-state index < -0.39 is 0 Å². The fourth-order valence-corrected chi connectivity index (χ4v) is 1.99. The highest BCUT2D eigenvalue weighted by Gasteiger charge is 2.15. The van der Waals surface area contributed by atoms with E-state index in [2.05, 4.69) is 10.7 Å². The molecule has 0 radical (unpaired) electrons. The molecular weight excluding hydrogens is 232 g/mol. The molecular formula is C12H16N4O2. The number of hydrazine groups is 1. The maximum absolute atomic E-state index is 11.3. The van der Waals surface area contributed by atoms with Crippen molar-refractivity contribution in [3.05, 3.63) is 29.3 Å². The Morgan fingerprint density at radius 3 is 3.00 bits per heavy atom. The van der Waals surface area contributed by atoms with Crippen LogP contribution in [0.5, 0.6) is 0 Å². The molecule has 0 saturated heterocycles. The summed E-state index contributed by atoms with van der Waals surface area (Å²) in [4.78, 5) is 24.0. The molecule has 0 unspecified atom stereocenters. The Kier molecular flexibility index (Phi) is 3.47. The molecule has 1 aromatic carbocycles. The average molecular weight is 248 g/mol. The van der Waals surface area contributed by atoms with E-state index in [1.807, 2.05) is 18.2 Å². The van der Waals surface area contributed by atoms with Crippen LogP contribution in [0.15, 0.2) is 18.2 Å². The monoisotopic (exact) mass is 248 g/mol. The van der Waals surface area contributed by atoms with Crippen LogP contribution in [-0.4, -0.2) is 23.9 Å². The lowest BCUT2D eigenvalue weighted by Gasteiger charge is -2.20. The van der Waals surface area contributed by atoms with Gasteiger partial charge in [0, 0.05) is 25.7 Å². The Bertz CT molecular complexity index is 487. The Hall–Kier alpha value is -2.08. The summed E-state index contributed by atoms with van der Waals surface area (Å²) in [6.07, 6.45) is 1.25. The maximum atomic E-state index is 11.3. The number of hydrogen-bond donors (Lipinski definition) is 3. The number of hydrogen-bond acceptors (Lipinski definition) is 3. The SMILES string of the molecule is CN(Cc1ccc2c(c1)CCC(=O)N2)C(=O)NN. The minimum absolute atomic E-state index is 0.0508. The summed E-state index contributed by atoms with van der Waals surface area (Å²) in [5.41, 5.74) is 5.06. The Balaban J connectivity index is 2.12. The van der Waals surface area contributed by atoms with Crippen LogP contribution in [0, 0.1) is 0 Å². The highest BCUT2D eigenvalue weighted by molar-refractivity contribution is 5.93. The number of urea groups is 1. The first-order valence-electron chi connectivity index (χ1n) is 5.73. The molecule has 1 heterocycles. The van der Waals surface area contributed by atoms with Crippen molar-refractivity contribution in [1.29, 1.82) is 0 Å². The van der Waals surface area contributed by atoms with Crippen molar-refractivity contribution in [3.63, 3.8) is 0 Å². The molecule has 18 heavy (non-hydrogen) atoms. The van der Waals surface area contributed by atoms with Crippen molar-refractivity contribution in [1.82, 2.24) is 10.3 Å². The normalized spacial score (nSPS) is 13.6. The molecule has 6 nitrogen and oxygen atoms in total. The number of carbonyl (C=O) groups is 2. The molecule has 0 atom stereocenters. The van der Waals surface area contributed by atoms with Gasteiger partial charge in [-0.2, -0.15) is 0 Å². The van der Waals surface area contributed by atoms with Gasteiger partial charge in [0.25, 0.3) is 0 Å². The second-order valence-electron chi connectivity index (χ2n) is 4.35. The zero-order valence-corrected chi connectivity index (χ0v) is 10.2. The Morgan fingerprint density at radius 1 is 1.50 bits per heavy atom. The predicted octanol–water partition coefficient (Wildman–Crippen LogP) is 0.586. The molecule has 96 valence electrons. The van der Waals surface area contributed by atoms with Gasteiger partial charge < -0.3 is 10.2 Å². The van der Waals surface area contributed by atoms with Crippen molar-refractivity contribution >= 4 is 17.6 Å². The van der Waals surface area contributed by atoms with Gasteiger partial charge in [-0.25, -0.2) is 10.6 Å². The van der Waals surface area contributed by atoms with Crippen LogP contribution in [0.1, 0.15) is 17.5 Å². The minimum atomic E-state index is -0.332. The summed E-state index contributed by atoms with van der Waals surface area (Å²) in [6, 6.07) is 5.44. The Labute approximate surface area is 105 Å². The molecule has 3 amide bonds. The molecule has 6 heteroatoms. The Morgan fingerprint density at radius 2 is 2.28 bits per heavy atom. The number of amides is 3. The second-order valence-corrected chi connectivity index (χ2v) is 4.35. The second kappa shape index (κ2) is 5.05. The van der Waals surface area contributed by atoms with E-state index in [-0.39, 0.29) is 11.9 Å². The van der Waals surface area contributed by atoms with Crippen LogP contribution in [0.3, 0.4) is 0 Å². The first kappa shape index (κ1) is 12.4. The van der Waals surface area contributed by atoms with Crippen molar-refractivity contribution in [2.75, 3.05) is 12.4 Å². The van der Waals surface area contributed by atoms with Gasteiger partial charge >= 0.3 is 6.03 Å². The maximum Gasteiger partial charge on any atom is 0.331 e. The van der Waals surface area contributed by atoms with E-state index in [9.17, 15) is 9.59 Å². The van der Waals surface area contributed by atoms with Gasteiger partial charge in [-0.15, -0.1) is 0 Å². The third-order valence-corrected chi connectivity index (χ3v) is 2.96. The molecule has 2 rings (SSSR count). The van der Waals surface area contributed by atoms with Crippen LogP contribution in [0.25, 0.3) is 0 Å². The van der Waals surface area contributed by atoms with Crippen LogP contribution in [0.2, 0.25) is 0 Å². The number of aryl methyl sites for hydroxylation is 1. The van der Waals surface area contributed by atoms with Gasteiger partial charge in [0.15, 0.2) is 0 Å². The highest BCUT2D eigenvalue weighted by Crippen LogP contribution is 2.23. The van der Waals surface area contributed by atoms with Gasteiger partial charge in [-0.05, 0) is 23.6 Å². The van der Waals surface area contributed by atoms with E-state index >= 15 is 0 Å². The predicted molar refractivity (Wildman–Crippen MR) is 67.6 cm³/mol. The zero-order valence-electron chi connectivity index (χ0n) is 10.2. The van der Waals surface area contributed by atoms with Crippen LogP contribution in [0.4, 0.5) is 10.5 Å². The van der Waals surface area contributed by atoms with Crippen LogP contribution >= 0.6 is 0 Å². The van der Waals surface area contributed by atoms with E-state index in [0.717, 1.165) is 23.2 Å². The first-order chi connectivity index (χ1) is 8.60. The number of nitrogens with one attached hydrogen (secondary N) is 2. The molecule has 1 aromatic rings.